The first-order chi connectivity index (χ1) is 11.8. The van der Waals surface area contributed by atoms with Crippen LogP contribution in [0.2, 0.25) is 5.02 Å². The van der Waals surface area contributed by atoms with Crippen molar-refractivity contribution in [3.63, 3.8) is 0 Å². The third-order valence-corrected chi connectivity index (χ3v) is 5.20. The average molecular weight is 384 g/mol. The van der Waals surface area contributed by atoms with Gasteiger partial charge in [-0.15, -0.1) is 0 Å². The Morgan fingerprint density at radius 3 is 2.36 bits per heavy atom. The minimum Gasteiger partial charge on any atom is -0.335 e. The largest absolute Gasteiger partial charge is 0.335 e. The topological polar surface area (TPSA) is 87.3 Å². The van der Waals surface area contributed by atoms with Gasteiger partial charge in [0, 0.05) is 17.4 Å². The molecule has 0 heterocycles. The summed E-state index contributed by atoms with van der Waals surface area (Å²) in [5.74, 6) is -1.01. The summed E-state index contributed by atoms with van der Waals surface area (Å²) in [4.78, 5) is 11.1. The molecule has 0 radical (unpaired) electrons. The molecular weight excluding hydrogens is 369 g/mol. The zero-order chi connectivity index (χ0) is 18.0. The Kier molecular flexibility index (Phi) is 4.82. The van der Waals surface area contributed by atoms with E-state index in [9.17, 15) is 17.6 Å². The minimum atomic E-state index is -4.12. The monoisotopic (exact) mass is 383 g/mol. The van der Waals surface area contributed by atoms with Crippen LogP contribution < -0.4 is 15.4 Å². The lowest BCUT2D eigenvalue weighted by atomic mass is 10.3. The molecule has 25 heavy (non-hydrogen) atoms. The Morgan fingerprint density at radius 1 is 1.08 bits per heavy atom. The Hall–Kier alpha value is -2.32. The fourth-order valence-electron chi connectivity index (χ4n) is 2.10. The molecule has 0 aromatic heterocycles. The number of rotatable bonds is 5. The molecule has 6 nitrogen and oxygen atoms in total. The molecule has 3 rings (SSSR count). The predicted octanol–water partition coefficient (Wildman–Crippen LogP) is 3.56. The summed E-state index contributed by atoms with van der Waals surface area (Å²) in [6.07, 6.45) is 1.96. The van der Waals surface area contributed by atoms with E-state index in [-0.39, 0.29) is 22.8 Å². The van der Waals surface area contributed by atoms with Crippen LogP contribution in [0, 0.1) is 5.82 Å². The van der Waals surface area contributed by atoms with Crippen molar-refractivity contribution in [1.82, 2.24) is 5.32 Å². The van der Waals surface area contributed by atoms with Gasteiger partial charge in [-0.05, 0) is 49.2 Å². The van der Waals surface area contributed by atoms with Gasteiger partial charge >= 0.3 is 6.03 Å². The summed E-state index contributed by atoms with van der Waals surface area (Å²) in [5.41, 5.74) is 0.738. The van der Waals surface area contributed by atoms with Crippen LogP contribution in [0.15, 0.2) is 47.4 Å². The third-order valence-electron chi connectivity index (χ3n) is 3.51. The van der Waals surface area contributed by atoms with Gasteiger partial charge in [-0.25, -0.2) is 17.6 Å². The fraction of sp³-hybridized carbons (Fsp3) is 0.188. The molecule has 132 valence electrons. The number of sulfonamides is 1. The molecule has 0 atom stereocenters. The molecule has 2 aromatic carbocycles. The average Bonchev–Trinajstić information content (AvgIpc) is 3.35. The quantitative estimate of drug-likeness (QED) is 0.737. The zero-order valence-electron chi connectivity index (χ0n) is 12.9. The molecule has 1 saturated carbocycles. The first-order valence-electron chi connectivity index (χ1n) is 7.49. The van der Waals surface area contributed by atoms with E-state index in [2.05, 4.69) is 15.4 Å². The van der Waals surface area contributed by atoms with E-state index >= 15 is 0 Å². The molecule has 1 aliphatic rings. The lowest BCUT2D eigenvalue weighted by molar-refractivity contribution is 0.251. The van der Waals surface area contributed by atoms with Crippen LogP contribution in [-0.4, -0.2) is 20.5 Å². The number of benzene rings is 2. The van der Waals surface area contributed by atoms with Crippen molar-refractivity contribution in [2.75, 3.05) is 10.0 Å². The van der Waals surface area contributed by atoms with E-state index in [1.807, 2.05) is 0 Å². The lowest BCUT2D eigenvalue weighted by Gasteiger charge is -2.11. The van der Waals surface area contributed by atoms with Crippen molar-refractivity contribution in [2.45, 2.75) is 23.8 Å². The number of hydrogen-bond acceptors (Lipinski definition) is 3. The number of nitrogens with one attached hydrogen (secondary N) is 3. The van der Waals surface area contributed by atoms with E-state index < -0.39 is 20.7 Å². The van der Waals surface area contributed by atoms with Gasteiger partial charge in [0.2, 0.25) is 0 Å². The maximum absolute atomic E-state index is 13.9. The summed E-state index contributed by atoms with van der Waals surface area (Å²) in [7, 11) is -4.12. The number of amides is 2. The lowest BCUT2D eigenvalue weighted by Crippen LogP contribution is -2.30. The Bertz CT molecular complexity index is 899. The first-order valence-corrected chi connectivity index (χ1v) is 9.36. The van der Waals surface area contributed by atoms with E-state index in [0.29, 0.717) is 5.69 Å². The summed E-state index contributed by atoms with van der Waals surface area (Å²) in [6.45, 7) is 0. The molecular formula is C16H15ClFN3O3S. The van der Waals surface area contributed by atoms with Crippen LogP contribution in [0.4, 0.5) is 20.6 Å². The van der Waals surface area contributed by atoms with Gasteiger partial charge in [-0.1, -0.05) is 17.7 Å². The highest BCUT2D eigenvalue weighted by Crippen LogP contribution is 2.24. The summed E-state index contributed by atoms with van der Waals surface area (Å²) < 4.78 is 40.7. The molecule has 9 heteroatoms. The maximum Gasteiger partial charge on any atom is 0.319 e. The zero-order valence-corrected chi connectivity index (χ0v) is 14.5. The number of carbonyl (C=O) groups excluding carboxylic acids is 1. The second-order valence-electron chi connectivity index (χ2n) is 5.61. The van der Waals surface area contributed by atoms with E-state index in [4.69, 9.17) is 11.6 Å². The van der Waals surface area contributed by atoms with E-state index in [1.54, 1.807) is 12.1 Å². The van der Waals surface area contributed by atoms with Gasteiger partial charge in [0.15, 0.2) is 5.82 Å². The third kappa shape index (κ3) is 4.40. The smallest absolute Gasteiger partial charge is 0.319 e. The van der Waals surface area contributed by atoms with Crippen molar-refractivity contribution < 1.29 is 17.6 Å². The number of anilines is 2. The van der Waals surface area contributed by atoms with Gasteiger partial charge in [-0.2, -0.15) is 0 Å². The van der Waals surface area contributed by atoms with Gasteiger partial charge in [0.1, 0.15) is 4.90 Å². The Morgan fingerprint density at radius 2 is 1.72 bits per heavy atom. The Labute approximate surface area is 149 Å². The molecule has 0 spiro atoms. The summed E-state index contributed by atoms with van der Waals surface area (Å²) in [5, 5.41) is 5.15. The molecule has 3 N–H and O–H groups in total. The normalized spacial score (nSPS) is 14.0. The van der Waals surface area contributed by atoms with Crippen molar-refractivity contribution >= 4 is 39.0 Å². The van der Waals surface area contributed by atoms with Crippen molar-refractivity contribution in [1.29, 1.82) is 0 Å². The first kappa shape index (κ1) is 17.5. The van der Waals surface area contributed by atoms with Crippen LogP contribution in [-0.2, 0) is 10.0 Å². The molecule has 0 unspecified atom stereocenters. The minimum absolute atomic E-state index is 0.229. The van der Waals surface area contributed by atoms with Crippen LogP contribution in [0.25, 0.3) is 0 Å². The van der Waals surface area contributed by atoms with Crippen LogP contribution in [0.3, 0.4) is 0 Å². The number of carbonyl (C=O) groups is 1. The fourth-order valence-corrected chi connectivity index (χ4v) is 3.49. The Balaban J connectivity index is 1.69. The molecule has 0 saturated heterocycles. The molecule has 0 bridgehead atoms. The van der Waals surface area contributed by atoms with Crippen LogP contribution >= 0.6 is 11.6 Å². The second kappa shape index (κ2) is 6.89. The number of urea groups is 1. The summed E-state index contributed by atoms with van der Waals surface area (Å²) in [6, 6.07) is 9.68. The van der Waals surface area contributed by atoms with Crippen molar-refractivity contribution in [3.05, 3.63) is 53.3 Å². The molecule has 1 fully saturated rings. The van der Waals surface area contributed by atoms with E-state index in [0.717, 1.165) is 18.9 Å². The molecule has 2 amide bonds. The van der Waals surface area contributed by atoms with Gasteiger partial charge in [0.25, 0.3) is 10.0 Å². The van der Waals surface area contributed by atoms with Crippen molar-refractivity contribution in [3.8, 4) is 0 Å². The maximum atomic E-state index is 13.9. The predicted molar refractivity (Wildman–Crippen MR) is 93.8 cm³/mol. The van der Waals surface area contributed by atoms with Crippen molar-refractivity contribution in [2.24, 2.45) is 0 Å². The highest BCUT2D eigenvalue weighted by atomic mass is 35.5. The van der Waals surface area contributed by atoms with Gasteiger partial charge < -0.3 is 10.6 Å². The highest BCUT2D eigenvalue weighted by molar-refractivity contribution is 7.92. The second-order valence-corrected chi connectivity index (χ2v) is 7.67. The van der Waals surface area contributed by atoms with E-state index in [1.165, 1.54) is 24.3 Å². The molecule has 2 aromatic rings. The van der Waals surface area contributed by atoms with Crippen LogP contribution in [0.1, 0.15) is 12.8 Å². The highest BCUT2D eigenvalue weighted by Gasteiger charge is 2.23. The summed E-state index contributed by atoms with van der Waals surface area (Å²) >= 11 is 5.62. The van der Waals surface area contributed by atoms with Gasteiger partial charge in [0.05, 0.1) is 5.02 Å². The standard InChI is InChI=1S/C16H15ClFN3O3S/c17-13-2-1-3-14(15(13)18)25(23,24)21-12-8-6-11(7-9-12)20-16(22)19-10-4-5-10/h1-3,6-10,21H,4-5H2,(H2,19,20,22). The van der Waals surface area contributed by atoms with Crippen LogP contribution in [0.5, 0.6) is 0 Å². The number of hydrogen-bond donors (Lipinski definition) is 3. The SMILES string of the molecule is O=C(Nc1ccc(NS(=O)(=O)c2cccc(Cl)c2F)cc1)NC1CC1. The molecule has 1 aliphatic carbocycles. The molecule has 0 aliphatic heterocycles. The number of halogens is 2. The van der Waals surface area contributed by atoms with Gasteiger partial charge in [-0.3, -0.25) is 4.72 Å².